The Bertz CT molecular complexity index is 812. The van der Waals surface area contributed by atoms with E-state index in [1.165, 1.54) is 0 Å². The maximum Gasteiger partial charge on any atom is 0.194 e. The minimum Gasteiger partial charge on any atom is -0.497 e. The summed E-state index contributed by atoms with van der Waals surface area (Å²) in [4.78, 5) is 10.2. The van der Waals surface area contributed by atoms with E-state index >= 15 is 0 Å². The first-order valence-corrected chi connectivity index (χ1v) is 9.05. The van der Waals surface area contributed by atoms with Crippen molar-refractivity contribution in [3.63, 3.8) is 0 Å². The number of ether oxygens (including phenoxy) is 1. The third kappa shape index (κ3) is 3.93. The van der Waals surface area contributed by atoms with Gasteiger partial charge in [0.25, 0.3) is 0 Å². The molecule has 1 aromatic carbocycles. The predicted octanol–water partition coefficient (Wildman–Crippen LogP) is 3.61. The predicted molar refractivity (Wildman–Crippen MR) is 106 cm³/mol. The molecule has 0 fully saturated rings. The van der Waals surface area contributed by atoms with Gasteiger partial charge in [0.1, 0.15) is 5.75 Å². The Morgan fingerprint density at radius 1 is 1.32 bits per heavy atom. The van der Waals surface area contributed by atoms with Crippen LogP contribution >= 0.6 is 11.3 Å². The maximum absolute atomic E-state index is 5.31. The minimum absolute atomic E-state index is 0.241. The summed E-state index contributed by atoms with van der Waals surface area (Å²) in [7, 11) is 1.67. The first-order valence-electron chi connectivity index (χ1n) is 8.23. The molecular formula is C18H23N5OS. The van der Waals surface area contributed by atoms with Crippen LogP contribution in [0.4, 0.5) is 10.8 Å². The molecule has 7 heteroatoms. The van der Waals surface area contributed by atoms with Crippen molar-refractivity contribution in [3.05, 3.63) is 40.4 Å². The molecule has 25 heavy (non-hydrogen) atoms. The number of aryl methyl sites for hydroxylation is 2. The molecule has 132 valence electrons. The van der Waals surface area contributed by atoms with Crippen LogP contribution < -0.4 is 20.7 Å². The zero-order valence-electron chi connectivity index (χ0n) is 14.9. The summed E-state index contributed by atoms with van der Waals surface area (Å²) in [5.41, 5.74) is 4.15. The van der Waals surface area contributed by atoms with E-state index in [-0.39, 0.29) is 6.29 Å². The molecule has 1 unspecified atom stereocenters. The van der Waals surface area contributed by atoms with Gasteiger partial charge in [0, 0.05) is 24.5 Å². The second kappa shape index (κ2) is 7.57. The largest absolute Gasteiger partial charge is 0.497 e. The van der Waals surface area contributed by atoms with Crippen molar-refractivity contribution in [2.45, 2.75) is 27.1 Å². The van der Waals surface area contributed by atoms with E-state index in [0.29, 0.717) is 0 Å². The topological polar surface area (TPSA) is 70.6 Å². The Balaban J connectivity index is 1.76. The van der Waals surface area contributed by atoms with E-state index in [4.69, 9.17) is 4.74 Å². The van der Waals surface area contributed by atoms with Crippen LogP contribution in [0.15, 0.2) is 29.3 Å². The van der Waals surface area contributed by atoms with Gasteiger partial charge in [0.05, 0.1) is 23.4 Å². The molecule has 3 N–H and O–H groups in total. The molecule has 1 aliphatic heterocycles. The third-order valence-electron chi connectivity index (χ3n) is 3.87. The van der Waals surface area contributed by atoms with E-state index in [2.05, 4.69) is 39.8 Å². The lowest BCUT2D eigenvalue weighted by Crippen LogP contribution is -2.35. The van der Waals surface area contributed by atoms with Crippen LogP contribution in [0.5, 0.6) is 5.75 Å². The van der Waals surface area contributed by atoms with E-state index < -0.39 is 0 Å². The molecule has 6 nitrogen and oxygen atoms in total. The van der Waals surface area contributed by atoms with Crippen molar-refractivity contribution >= 4 is 34.1 Å². The SMILES string of the molecule is CCNc1nc(C)c(C2=CC=NC(Nc3cc(OC)ccc3C)N2)s1. The minimum atomic E-state index is -0.241. The van der Waals surface area contributed by atoms with Crippen LogP contribution in [0, 0.1) is 13.8 Å². The molecule has 0 amide bonds. The fraction of sp³-hybridized carbons (Fsp3) is 0.333. The van der Waals surface area contributed by atoms with Crippen LogP contribution in [0.2, 0.25) is 0 Å². The zero-order chi connectivity index (χ0) is 17.8. The quantitative estimate of drug-likeness (QED) is 0.737. The summed E-state index contributed by atoms with van der Waals surface area (Å²) >= 11 is 1.65. The smallest absolute Gasteiger partial charge is 0.194 e. The van der Waals surface area contributed by atoms with Gasteiger partial charge in [0.15, 0.2) is 11.4 Å². The van der Waals surface area contributed by atoms with Gasteiger partial charge in [-0.3, -0.25) is 0 Å². The third-order valence-corrected chi connectivity index (χ3v) is 5.02. The van der Waals surface area contributed by atoms with Gasteiger partial charge in [-0.15, -0.1) is 0 Å². The molecule has 1 aromatic heterocycles. The second-order valence-electron chi connectivity index (χ2n) is 5.71. The highest BCUT2D eigenvalue weighted by Crippen LogP contribution is 2.29. The average molecular weight is 357 g/mol. The number of aromatic nitrogens is 1. The van der Waals surface area contributed by atoms with Gasteiger partial charge in [0.2, 0.25) is 0 Å². The fourth-order valence-corrected chi connectivity index (χ4v) is 3.58. The van der Waals surface area contributed by atoms with Crippen molar-refractivity contribution in [3.8, 4) is 5.75 Å². The number of nitrogens with zero attached hydrogens (tertiary/aromatic N) is 2. The number of rotatable bonds is 6. The highest BCUT2D eigenvalue weighted by Gasteiger charge is 2.17. The lowest BCUT2D eigenvalue weighted by atomic mass is 10.2. The van der Waals surface area contributed by atoms with Crippen molar-refractivity contribution < 1.29 is 4.74 Å². The number of hydrogen-bond donors (Lipinski definition) is 3. The number of allylic oxidation sites excluding steroid dienone is 1. The number of aliphatic imine (C=N–C) groups is 1. The molecule has 0 bridgehead atoms. The van der Waals surface area contributed by atoms with Crippen LogP contribution in [-0.2, 0) is 0 Å². The number of benzene rings is 1. The Hall–Kier alpha value is -2.54. The molecule has 0 spiro atoms. The first kappa shape index (κ1) is 17.3. The van der Waals surface area contributed by atoms with Crippen molar-refractivity contribution in [2.75, 3.05) is 24.3 Å². The van der Waals surface area contributed by atoms with Crippen molar-refractivity contribution in [1.82, 2.24) is 10.3 Å². The molecule has 2 heterocycles. The van der Waals surface area contributed by atoms with Gasteiger partial charge in [-0.2, -0.15) is 0 Å². The lowest BCUT2D eigenvalue weighted by Gasteiger charge is -2.23. The molecule has 1 aliphatic rings. The zero-order valence-corrected chi connectivity index (χ0v) is 15.7. The standard InChI is InChI=1S/C18H23N5OS/c1-5-19-18-21-12(3)16(25-18)14-8-9-20-17(22-14)23-15-10-13(24-4)7-6-11(15)2/h6-10,17,22-23H,5H2,1-4H3,(H,19,21). The number of anilines is 2. The van der Waals surface area contributed by atoms with Gasteiger partial charge >= 0.3 is 0 Å². The molecular weight excluding hydrogens is 334 g/mol. The van der Waals surface area contributed by atoms with Gasteiger partial charge in [-0.1, -0.05) is 17.4 Å². The molecule has 3 rings (SSSR count). The van der Waals surface area contributed by atoms with Crippen LogP contribution in [-0.4, -0.2) is 31.1 Å². The van der Waals surface area contributed by atoms with E-state index in [1.807, 2.05) is 37.4 Å². The Morgan fingerprint density at radius 3 is 2.92 bits per heavy atom. The van der Waals surface area contributed by atoms with Crippen molar-refractivity contribution in [1.29, 1.82) is 0 Å². The number of methoxy groups -OCH3 is 1. The van der Waals surface area contributed by atoms with Crippen molar-refractivity contribution in [2.24, 2.45) is 4.99 Å². The van der Waals surface area contributed by atoms with E-state index in [1.54, 1.807) is 18.4 Å². The molecule has 0 radical (unpaired) electrons. The summed E-state index contributed by atoms with van der Waals surface area (Å²) in [6.45, 7) is 7.01. The fourth-order valence-electron chi connectivity index (χ4n) is 2.55. The summed E-state index contributed by atoms with van der Waals surface area (Å²) in [6.07, 6.45) is 3.56. The Morgan fingerprint density at radius 2 is 2.16 bits per heavy atom. The highest BCUT2D eigenvalue weighted by molar-refractivity contribution is 7.16. The van der Waals surface area contributed by atoms with Crippen LogP contribution in [0.3, 0.4) is 0 Å². The normalized spacial score (nSPS) is 16.2. The van der Waals surface area contributed by atoms with E-state index in [0.717, 1.165) is 44.9 Å². The number of hydrogen-bond acceptors (Lipinski definition) is 7. The summed E-state index contributed by atoms with van der Waals surface area (Å²) in [5.74, 6) is 0.817. The second-order valence-corrected chi connectivity index (χ2v) is 6.71. The number of nitrogens with one attached hydrogen (secondary N) is 3. The van der Waals surface area contributed by atoms with Gasteiger partial charge in [-0.25, -0.2) is 9.98 Å². The lowest BCUT2D eigenvalue weighted by molar-refractivity contribution is 0.415. The molecule has 1 atom stereocenters. The highest BCUT2D eigenvalue weighted by atomic mass is 32.1. The summed E-state index contributed by atoms with van der Waals surface area (Å²) in [5, 5.41) is 11.1. The monoisotopic (exact) mass is 357 g/mol. The van der Waals surface area contributed by atoms with Gasteiger partial charge in [-0.05, 0) is 38.5 Å². The Kier molecular flexibility index (Phi) is 5.23. The average Bonchev–Trinajstić information content (AvgIpc) is 2.98. The molecule has 2 aromatic rings. The van der Waals surface area contributed by atoms with Crippen LogP contribution in [0.1, 0.15) is 23.1 Å². The summed E-state index contributed by atoms with van der Waals surface area (Å²) in [6, 6.07) is 5.96. The molecule has 0 saturated carbocycles. The number of thiazole rings is 1. The first-order chi connectivity index (χ1) is 12.1. The van der Waals surface area contributed by atoms with Gasteiger partial charge < -0.3 is 20.7 Å². The Labute approximate surface area is 152 Å². The molecule has 0 saturated heterocycles. The van der Waals surface area contributed by atoms with E-state index in [9.17, 15) is 0 Å². The summed E-state index contributed by atoms with van der Waals surface area (Å²) < 4.78 is 5.31. The van der Waals surface area contributed by atoms with Crippen LogP contribution in [0.25, 0.3) is 5.70 Å². The maximum atomic E-state index is 5.31. The molecule has 0 aliphatic carbocycles.